The predicted octanol–water partition coefficient (Wildman–Crippen LogP) is 5.15. The fourth-order valence-corrected chi connectivity index (χ4v) is 3.39. The van der Waals surface area contributed by atoms with Gasteiger partial charge in [0.2, 0.25) is 0 Å². The predicted molar refractivity (Wildman–Crippen MR) is 92.7 cm³/mol. The van der Waals surface area contributed by atoms with Gasteiger partial charge in [0.1, 0.15) is 5.75 Å². The van der Waals surface area contributed by atoms with Gasteiger partial charge in [-0.05, 0) is 62.3 Å². The molecule has 2 nitrogen and oxygen atoms in total. The number of hydrogen-bond donors (Lipinski definition) is 1. The fraction of sp³-hybridized carbons (Fsp3) is 0.667. The van der Waals surface area contributed by atoms with Crippen LogP contribution in [-0.2, 0) is 6.54 Å². The molecular weight excluding hydrogens is 326 g/mol. The average Bonchev–Trinajstić information content (AvgIpc) is 2.46. The lowest BCUT2D eigenvalue weighted by Gasteiger charge is -2.32. The Bertz CT molecular complexity index is 449. The van der Waals surface area contributed by atoms with Crippen LogP contribution in [0.1, 0.15) is 52.0 Å². The topological polar surface area (TPSA) is 21.3 Å². The first-order valence-corrected chi connectivity index (χ1v) is 9.05. The SMILES string of the molecule is CCCNCc1cc(Br)ccc1OC1CCC(C)C(C)C1. The molecule has 0 spiro atoms. The first-order valence-electron chi connectivity index (χ1n) is 8.26. The molecule has 1 fully saturated rings. The molecule has 0 heterocycles. The van der Waals surface area contributed by atoms with Gasteiger partial charge in [-0.2, -0.15) is 0 Å². The summed E-state index contributed by atoms with van der Waals surface area (Å²) in [7, 11) is 0. The van der Waals surface area contributed by atoms with Gasteiger partial charge in [-0.25, -0.2) is 0 Å². The van der Waals surface area contributed by atoms with Crippen LogP contribution in [0.25, 0.3) is 0 Å². The number of hydrogen-bond acceptors (Lipinski definition) is 2. The Morgan fingerprint density at radius 1 is 1.24 bits per heavy atom. The van der Waals surface area contributed by atoms with Crippen LogP contribution >= 0.6 is 15.9 Å². The number of benzene rings is 1. The lowest BCUT2D eigenvalue weighted by Crippen LogP contribution is -2.29. The first-order chi connectivity index (χ1) is 10.1. The van der Waals surface area contributed by atoms with Gasteiger partial charge in [-0.3, -0.25) is 0 Å². The third-order valence-corrected chi connectivity index (χ3v) is 5.10. The van der Waals surface area contributed by atoms with Crippen LogP contribution in [0.3, 0.4) is 0 Å². The molecule has 0 radical (unpaired) electrons. The summed E-state index contributed by atoms with van der Waals surface area (Å²) < 4.78 is 7.45. The molecule has 0 aliphatic heterocycles. The minimum atomic E-state index is 0.377. The molecule has 3 unspecified atom stereocenters. The van der Waals surface area contributed by atoms with Crippen molar-refractivity contribution < 1.29 is 4.74 Å². The van der Waals surface area contributed by atoms with Crippen molar-refractivity contribution in [2.75, 3.05) is 6.54 Å². The van der Waals surface area contributed by atoms with Crippen molar-refractivity contribution in [3.05, 3.63) is 28.2 Å². The molecule has 3 heteroatoms. The van der Waals surface area contributed by atoms with E-state index in [1.165, 1.54) is 24.8 Å². The third kappa shape index (κ3) is 5.00. The molecule has 0 amide bonds. The quantitative estimate of drug-likeness (QED) is 0.713. The summed E-state index contributed by atoms with van der Waals surface area (Å²) in [5, 5.41) is 3.47. The maximum atomic E-state index is 6.33. The van der Waals surface area contributed by atoms with Gasteiger partial charge < -0.3 is 10.1 Å². The molecule has 118 valence electrons. The van der Waals surface area contributed by atoms with Gasteiger partial charge in [0, 0.05) is 16.6 Å². The second-order valence-corrected chi connectivity index (χ2v) is 7.35. The molecule has 1 aromatic rings. The van der Waals surface area contributed by atoms with E-state index in [0.717, 1.165) is 41.6 Å². The van der Waals surface area contributed by atoms with Gasteiger partial charge in [-0.1, -0.05) is 36.7 Å². The van der Waals surface area contributed by atoms with Gasteiger partial charge in [0.05, 0.1) is 6.10 Å². The highest BCUT2D eigenvalue weighted by Gasteiger charge is 2.26. The molecule has 1 aromatic carbocycles. The second kappa shape index (κ2) is 8.19. The summed E-state index contributed by atoms with van der Waals surface area (Å²) in [6, 6.07) is 6.36. The molecule has 1 aliphatic carbocycles. The van der Waals surface area contributed by atoms with E-state index in [4.69, 9.17) is 4.74 Å². The summed E-state index contributed by atoms with van der Waals surface area (Å²) >= 11 is 3.56. The van der Waals surface area contributed by atoms with E-state index in [-0.39, 0.29) is 0 Å². The maximum absolute atomic E-state index is 6.33. The normalized spacial score (nSPS) is 25.8. The third-order valence-electron chi connectivity index (χ3n) is 4.61. The molecule has 0 aromatic heterocycles. The zero-order valence-electron chi connectivity index (χ0n) is 13.5. The monoisotopic (exact) mass is 353 g/mol. The Morgan fingerprint density at radius 2 is 2.05 bits per heavy atom. The van der Waals surface area contributed by atoms with Crippen LogP contribution in [0.5, 0.6) is 5.75 Å². The Balaban J connectivity index is 2.01. The van der Waals surface area contributed by atoms with Crippen LogP contribution in [-0.4, -0.2) is 12.6 Å². The summed E-state index contributed by atoms with van der Waals surface area (Å²) in [4.78, 5) is 0. The average molecular weight is 354 g/mol. The molecule has 1 N–H and O–H groups in total. The van der Waals surface area contributed by atoms with Crippen molar-refractivity contribution in [3.8, 4) is 5.75 Å². The van der Waals surface area contributed by atoms with Gasteiger partial charge in [0.25, 0.3) is 0 Å². The highest BCUT2D eigenvalue weighted by molar-refractivity contribution is 9.10. The molecule has 0 bridgehead atoms. The Labute approximate surface area is 137 Å². The van der Waals surface area contributed by atoms with Gasteiger partial charge >= 0.3 is 0 Å². The molecule has 2 rings (SSSR count). The van der Waals surface area contributed by atoms with Crippen molar-refractivity contribution in [3.63, 3.8) is 0 Å². The largest absolute Gasteiger partial charge is 0.490 e. The smallest absolute Gasteiger partial charge is 0.124 e. The summed E-state index contributed by atoms with van der Waals surface area (Å²) in [6.07, 6.45) is 5.18. The zero-order chi connectivity index (χ0) is 15.2. The van der Waals surface area contributed by atoms with Crippen molar-refractivity contribution >= 4 is 15.9 Å². The Kier molecular flexibility index (Phi) is 6.56. The number of rotatable bonds is 6. The molecule has 0 saturated heterocycles. The molecule has 3 atom stereocenters. The lowest BCUT2D eigenvalue weighted by molar-refractivity contribution is 0.0996. The van der Waals surface area contributed by atoms with Gasteiger partial charge in [-0.15, -0.1) is 0 Å². The number of halogens is 1. The van der Waals surface area contributed by atoms with E-state index in [9.17, 15) is 0 Å². The highest BCUT2D eigenvalue weighted by atomic mass is 79.9. The fourth-order valence-electron chi connectivity index (χ4n) is 2.99. The number of ether oxygens (including phenoxy) is 1. The first kappa shape index (κ1) is 16.8. The van der Waals surface area contributed by atoms with E-state index in [0.29, 0.717) is 6.10 Å². The second-order valence-electron chi connectivity index (χ2n) is 6.44. The van der Waals surface area contributed by atoms with E-state index in [1.54, 1.807) is 0 Å². The van der Waals surface area contributed by atoms with E-state index in [2.05, 4.69) is 60.2 Å². The van der Waals surface area contributed by atoms with Gasteiger partial charge in [0.15, 0.2) is 0 Å². The van der Waals surface area contributed by atoms with E-state index >= 15 is 0 Å². The van der Waals surface area contributed by atoms with Crippen LogP contribution < -0.4 is 10.1 Å². The standard InChI is InChI=1S/C18H28BrNO/c1-4-9-20-12-15-11-16(19)6-8-18(15)21-17-7-5-13(2)14(3)10-17/h6,8,11,13-14,17,20H,4-5,7,9-10,12H2,1-3H3. The van der Waals surface area contributed by atoms with E-state index in [1.807, 2.05) is 0 Å². The van der Waals surface area contributed by atoms with Crippen molar-refractivity contribution in [2.24, 2.45) is 11.8 Å². The molecule has 1 aliphatic rings. The van der Waals surface area contributed by atoms with Crippen LogP contribution in [0.15, 0.2) is 22.7 Å². The van der Waals surface area contributed by atoms with Crippen molar-refractivity contribution in [2.45, 2.75) is 59.1 Å². The minimum Gasteiger partial charge on any atom is -0.490 e. The minimum absolute atomic E-state index is 0.377. The summed E-state index contributed by atoms with van der Waals surface area (Å²) in [6.45, 7) is 8.83. The van der Waals surface area contributed by atoms with Crippen LogP contribution in [0.2, 0.25) is 0 Å². The van der Waals surface area contributed by atoms with Crippen LogP contribution in [0, 0.1) is 11.8 Å². The lowest BCUT2D eigenvalue weighted by atomic mass is 9.80. The van der Waals surface area contributed by atoms with Crippen molar-refractivity contribution in [1.82, 2.24) is 5.32 Å². The highest BCUT2D eigenvalue weighted by Crippen LogP contribution is 2.33. The van der Waals surface area contributed by atoms with E-state index < -0.39 is 0 Å². The van der Waals surface area contributed by atoms with Crippen LogP contribution in [0.4, 0.5) is 0 Å². The molecule has 1 saturated carbocycles. The molecular formula is C18H28BrNO. The zero-order valence-corrected chi connectivity index (χ0v) is 15.1. The maximum Gasteiger partial charge on any atom is 0.124 e. The Morgan fingerprint density at radius 3 is 2.76 bits per heavy atom. The summed E-state index contributed by atoms with van der Waals surface area (Å²) in [5.41, 5.74) is 1.25. The Hall–Kier alpha value is -0.540. The summed E-state index contributed by atoms with van der Waals surface area (Å²) in [5.74, 6) is 2.65. The number of nitrogens with one attached hydrogen (secondary N) is 1. The van der Waals surface area contributed by atoms with Crippen molar-refractivity contribution in [1.29, 1.82) is 0 Å². The molecule has 21 heavy (non-hydrogen) atoms.